The second kappa shape index (κ2) is 4.50. The van der Waals surface area contributed by atoms with Gasteiger partial charge in [0.05, 0.1) is 0 Å². The molecule has 0 aromatic carbocycles. The summed E-state index contributed by atoms with van der Waals surface area (Å²) in [5.74, 6) is -0.136. The van der Waals surface area contributed by atoms with E-state index in [-0.39, 0.29) is 5.91 Å². The topological polar surface area (TPSA) is 69.3 Å². The lowest BCUT2D eigenvalue weighted by Gasteiger charge is -2.32. The molecule has 5 nitrogen and oxygen atoms in total. The molecule has 1 aliphatic heterocycles. The van der Waals surface area contributed by atoms with Crippen LogP contribution < -0.4 is 11.2 Å². The number of carbonyl (C=O) groups excluding carboxylic acids is 1. The summed E-state index contributed by atoms with van der Waals surface area (Å²) in [6.45, 7) is 4.99. The van der Waals surface area contributed by atoms with Gasteiger partial charge in [-0.3, -0.25) is 14.9 Å². The summed E-state index contributed by atoms with van der Waals surface area (Å²) in [5.41, 5.74) is 10.2. The van der Waals surface area contributed by atoms with Gasteiger partial charge >= 0.3 is 0 Å². The molecule has 5 heteroatoms. The summed E-state index contributed by atoms with van der Waals surface area (Å²) in [6.07, 6.45) is 1.14. The lowest BCUT2D eigenvalue weighted by molar-refractivity contribution is -0.125. The lowest BCUT2D eigenvalue weighted by atomic mass is 9.91. The normalized spacial score (nSPS) is 19.0. The molecule has 1 amide bonds. The molecule has 1 fully saturated rings. The molecule has 0 aliphatic carbocycles. The number of nitrogens with one attached hydrogen (secondary N) is 1. The minimum Gasteiger partial charge on any atom is -0.381 e. The van der Waals surface area contributed by atoms with Crippen molar-refractivity contribution in [2.24, 2.45) is 5.73 Å². The van der Waals surface area contributed by atoms with E-state index >= 15 is 0 Å². The molecule has 0 saturated carbocycles. The largest absolute Gasteiger partial charge is 0.381 e. The monoisotopic (exact) mass is 237 g/mol. The van der Waals surface area contributed by atoms with E-state index in [0.717, 1.165) is 11.4 Å². The number of amides is 1. The van der Waals surface area contributed by atoms with Gasteiger partial charge in [0, 0.05) is 24.6 Å². The van der Waals surface area contributed by atoms with Gasteiger partial charge < -0.3 is 10.5 Å². The van der Waals surface area contributed by atoms with Crippen LogP contribution in [-0.2, 0) is 9.53 Å². The zero-order valence-electron chi connectivity index (χ0n) is 10.3. The van der Waals surface area contributed by atoms with E-state index < -0.39 is 5.54 Å². The zero-order chi connectivity index (χ0) is 12.5. The van der Waals surface area contributed by atoms with Crippen LogP contribution in [0.3, 0.4) is 0 Å². The van der Waals surface area contributed by atoms with Crippen molar-refractivity contribution >= 4 is 5.91 Å². The fourth-order valence-electron chi connectivity index (χ4n) is 2.02. The van der Waals surface area contributed by atoms with Crippen molar-refractivity contribution in [3.05, 3.63) is 23.5 Å². The van der Waals surface area contributed by atoms with Crippen LogP contribution in [0.15, 0.2) is 12.1 Å². The van der Waals surface area contributed by atoms with Crippen LogP contribution in [0, 0.1) is 13.8 Å². The molecule has 2 heterocycles. The molecule has 1 aromatic heterocycles. The van der Waals surface area contributed by atoms with E-state index in [1.807, 2.05) is 26.0 Å². The summed E-state index contributed by atoms with van der Waals surface area (Å²) in [4.78, 5) is 12.2. The van der Waals surface area contributed by atoms with Crippen LogP contribution in [0.5, 0.6) is 0 Å². The molecule has 94 valence electrons. The number of aromatic nitrogens is 1. The first-order valence-electron chi connectivity index (χ1n) is 5.86. The van der Waals surface area contributed by atoms with Gasteiger partial charge in [-0.05, 0) is 38.8 Å². The highest BCUT2D eigenvalue weighted by molar-refractivity contribution is 5.92. The Kier molecular flexibility index (Phi) is 3.22. The fourth-order valence-corrected chi connectivity index (χ4v) is 2.02. The quantitative estimate of drug-likeness (QED) is 0.795. The first-order chi connectivity index (χ1) is 8.03. The number of hydrogen-bond acceptors (Lipinski definition) is 3. The van der Waals surface area contributed by atoms with Crippen LogP contribution in [0.2, 0.25) is 0 Å². The molecule has 1 aromatic rings. The van der Waals surface area contributed by atoms with Gasteiger partial charge in [-0.2, -0.15) is 0 Å². The molecule has 3 N–H and O–H groups in total. The molecule has 0 radical (unpaired) electrons. The Morgan fingerprint density at radius 1 is 1.35 bits per heavy atom. The van der Waals surface area contributed by atoms with Crippen molar-refractivity contribution in [3.8, 4) is 0 Å². The molecule has 2 rings (SSSR count). The standard InChI is InChI=1S/C12H19N3O2/c1-9-3-4-10(2)15(9)14-11(16)12(13)5-7-17-8-6-12/h3-4H,5-8,13H2,1-2H3,(H,14,16). The van der Waals surface area contributed by atoms with Crippen molar-refractivity contribution in [1.82, 2.24) is 4.68 Å². The molecule has 1 saturated heterocycles. The van der Waals surface area contributed by atoms with E-state index in [4.69, 9.17) is 10.5 Å². The highest BCUT2D eigenvalue weighted by Gasteiger charge is 2.36. The van der Waals surface area contributed by atoms with Crippen LogP contribution in [0.4, 0.5) is 0 Å². The number of rotatable bonds is 2. The van der Waals surface area contributed by atoms with Crippen LogP contribution in [0.25, 0.3) is 0 Å². The second-order valence-electron chi connectivity index (χ2n) is 4.66. The van der Waals surface area contributed by atoms with E-state index in [2.05, 4.69) is 5.43 Å². The number of ether oxygens (including phenoxy) is 1. The summed E-state index contributed by atoms with van der Waals surface area (Å²) in [7, 11) is 0. The molecular weight excluding hydrogens is 218 g/mol. The predicted octanol–water partition coefficient (Wildman–Crippen LogP) is 0.683. The number of aryl methyl sites for hydroxylation is 2. The zero-order valence-corrected chi connectivity index (χ0v) is 10.3. The van der Waals surface area contributed by atoms with Gasteiger partial charge in [-0.1, -0.05) is 0 Å². The van der Waals surface area contributed by atoms with Gasteiger partial charge in [-0.25, -0.2) is 0 Å². The second-order valence-corrected chi connectivity index (χ2v) is 4.66. The molecule has 0 bridgehead atoms. The Balaban J connectivity index is 2.11. The maximum Gasteiger partial charge on any atom is 0.259 e. The van der Waals surface area contributed by atoms with Crippen LogP contribution in [-0.4, -0.2) is 29.3 Å². The van der Waals surface area contributed by atoms with Crippen molar-refractivity contribution in [3.63, 3.8) is 0 Å². The third-order valence-corrected chi connectivity index (χ3v) is 3.32. The predicted molar refractivity (Wildman–Crippen MR) is 65.2 cm³/mol. The Morgan fingerprint density at radius 3 is 2.41 bits per heavy atom. The Labute approximate surface area is 101 Å². The highest BCUT2D eigenvalue weighted by Crippen LogP contribution is 2.18. The van der Waals surface area contributed by atoms with E-state index in [1.54, 1.807) is 4.68 Å². The van der Waals surface area contributed by atoms with Crippen molar-refractivity contribution in [2.75, 3.05) is 18.6 Å². The van der Waals surface area contributed by atoms with Crippen molar-refractivity contribution in [1.29, 1.82) is 0 Å². The average molecular weight is 237 g/mol. The van der Waals surface area contributed by atoms with E-state index in [0.29, 0.717) is 26.1 Å². The molecule has 0 spiro atoms. The van der Waals surface area contributed by atoms with Crippen molar-refractivity contribution in [2.45, 2.75) is 32.2 Å². The molecule has 17 heavy (non-hydrogen) atoms. The van der Waals surface area contributed by atoms with Gasteiger partial charge in [0.15, 0.2) is 0 Å². The summed E-state index contributed by atoms with van der Waals surface area (Å²) < 4.78 is 7.00. The third-order valence-electron chi connectivity index (χ3n) is 3.32. The minimum absolute atomic E-state index is 0.136. The summed E-state index contributed by atoms with van der Waals surface area (Å²) >= 11 is 0. The molecular formula is C12H19N3O2. The van der Waals surface area contributed by atoms with Gasteiger partial charge in [0.2, 0.25) is 0 Å². The summed E-state index contributed by atoms with van der Waals surface area (Å²) in [6, 6.07) is 3.92. The van der Waals surface area contributed by atoms with E-state index in [9.17, 15) is 4.79 Å². The smallest absolute Gasteiger partial charge is 0.259 e. The Hall–Kier alpha value is -1.33. The van der Waals surface area contributed by atoms with Gasteiger partial charge in [0.1, 0.15) is 5.54 Å². The van der Waals surface area contributed by atoms with E-state index in [1.165, 1.54) is 0 Å². The Bertz CT molecular complexity index is 400. The summed E-state index contributed by atoms with van der Waals surface area (Å²) in [5, 5.41) is 0. The number of carbonyl (C=O) groups is 1. The lowest BCUT2D eigenvalue weighted by Crippen LogP contribution is -2.56. The maximum absolute atomic E-state index is 12.2. The van der Waals surface area contributed by atoms with Gasteiger partial charge in [-0.15, -0.1) is 0 Å². The van der Waals surface area contributed by atoms with Gasteiger partial charge in [0.25, 0.3) is 5.91 Å². The van der Waals surface area contributed by atoms with Crippen LogP contribution in [0.1, 0.15) is 24.2 Å². The highest BCUT2D eigenvalue weighted by atomic mass is 16.5. The first-order valence-corrected chi connectivity index (χ1v) is 5.86. The number of hydrogen-bond donors (Lipinski definition) is 2. The van der Waals surface area contributed by atoms with Crippen molar-refractivity contribution < 1.29 is 9.53 Å². The minimum atomic E-state index is -0.804. The molecule has 0 atom stereocenters. The number of nitrogens with two attached hydrogens (primary N) is 1. The molecule has 0 unspecified atom stereocenters. The number of nitrogens with zero attached hydrogens (tertiary/aromatic N) is 1. The molecule has 1 aliphatic rings. The first kappa shape index (κ1) is 12.1. The SMILES string of the molecule is Cc1ccc(C)n1NC(=O)C1(N)CCOCC1. The average Bonchev–Trinajstić information content (AvgIpc) is 2.62. The Morgan fingerprint density at radius 2 is 1.88 bits per heavy atom. The third kappa shape index (κ3) is 2.35. The fraction of sp³-hybridized carbons (Fsp3) is 0.583. The van der Waals surface area contributed by atoms with Crippen LogP contribution >= 0.6 is 0 Å². The maximum atomic E-state index is 12.2.